The van der Waals surface area contributed by atoms with Crippen molar-refractivity contribution in [2.75, 3.05) is 27.7 Å². The zero-order chi connectivity index (χ0) is 16.7. The van der Waals surface area contributed by atoms with E-state index in [4.69, 9.17) is 4.74 Å². The van der Waals surface area contributed by atoms with Crippen LogP contribution in [0.15, 0.2) is 47.9 Å². The van der Waals surface area contributed by atoms with E-state index in [1.165, 1.54) is 4.88 Å². The molecular weight excluding hydrogens is 308 g/mol. The molecule has 1 atom stereocenters. The van der Waals surface area contributed by atoms with Crippen molar-refractivity contribution in [2.45, 2.75) is 6.04 Å². The zero-order valence-electron chi connectivity index (χ0n) is 13.7. The number of hydrogen-bond donors (Lipinski definition) is 1. The molecular formula is C18H22N2O2S. The molecule has 0 fully saturated rings. The van der Waals surface area contributed by atoms with Crippen LogP contribution >= 0.6 is 11.3 Å². The van der Waals surface area contributed by atoms with Gasteiger partial charge in [0.15, 0.2) is 0 Å². The molecule has 1 aromatic carbocycles. The van der Waals surface area contributed by atoms with E-state index in [-0.39, 0.29) is 11.9 Å². The van der Waals surface area contributed by atoms with Crippen LogP contribution in [0.5, 0.6) is 5.75 Å². The van der Waals surface area contributed by atoms with Crippen molar-refractivity contribution in [2.24, 2.45) is 0 Å². The van der Waals surface area contributed by atoms with Crippen molar-refractivity contribution in [1.29, 1.82) is 0 Å². The van der Waals surface area contributed by atoms with Crippen LogP contribution in [0.2, 0.25) is 0 Å². The maximum atomic E-state index is 12.0. The molecule has 1 N–H and O–H groups in total. The number of nitrogens with zero attached hydrogens (tertiary/aromatic N) is 1. The van der Waals surface area contributed by atoms with E-state index < -0.39 is 0 Å². The predicted molar refractivity (Wildman–Crippen MR) is 95.8 cm³/mol. The lowest BCUT2D eigenvalue weighted by molar-refractivity contribution is -0.116. The highest BCUT2D eigenvalue weighted by atomic mass is 32.1. The number of benzene rings is 1. The second-order valence-electron chi connectivity index (χ2n) is 5.35. The Labute approximate surface area is 141 Å². The fourth-order valence-corrected chi connectivity index (χ4v) is 3.11. The van der Waals surface area contributed by atoms with Gasteiger partial charge in [-0.1, -0.05) is 18.2 Å². The van der Waals surface area contributed by atoms with Gasteiger partial charge in [0, 0.05) is 17.5 Å². The van der Waals surface area contributed by atoms with Crippen molar-refractivity contribution < 1.29 is 9.53 Å². The predicted octanol–water partition coefficient (Wildman–Crippen LogP) is 3.19. The van der Waals surface area contributed by atoms with Crippen molar-refractivity contribution in [3.8, 4) is 5.75 Å². The number of carbonyl (C=O) groups excluding carboxylic acids is 1. The molecule has 122 valence electrons. The molecule has 2 rings (SSSR count). The average Bonchev–Trinajstić information content (AvgIpc) is 3.07. The summed E-state index contributed by atoms with van der Waals surface area (Å²) >= 11 is 1.70. The van der Waals surface area contributed by atoms with Gasteiger partial charge in [0.05, 0.1) is 13.2 Å². The molecule has 2 aromatic rings. The number of thiophene rings is 1. The second kappa shape index (κ2) is 8.50. The molecule has 0 aliphatic rings. The van der Waals surface area contributed by atoms with Crippen molar-refractivity contribution >= 4 is 23.3 Å². The lowest BCUT2D eigenvalue weighted by atomic mass is 10.2. The third-order valence-electron chi connectivity index (χ3n) is 3.49. The van der Waals surface area contributed by atoms with E-state index in [9.17, 15) is 4.79 Å². The Morgan fingerprint density at radius 1 is 1.35 bits per heavy atom. The van der Waals surface area contributed by atoms with E-state index >= 15 is 0 Å². The molecule has 1 amide bonds. The summed E-state index contributed by atoms with van der Waals surface area (Å²) in [6.45, 7) is 0.578. The smallest absolute Gasteiger partial charge is 0.244 e. The maximum absolute atomic E-state index is 12.0. The average molecular weight is 330 g/mol. The Morgan fingerprint density at radius 2 is 2.17 bits per heavy atom. The number of methoxy groups -OCH3 is 1. The molecule has 0 bridgehead atoms. The molecule has 5 heteroatoms. The van der Waals surface area contributed by atoms with Crippen LogP contribution in [-0.4, -0.2) is 38.6 Å². The normalized spacial score (nSPS) is 12.5. The molecule has 0 aliphatic carbocycles. The molecule has 0 saturated carbocycles. The highest BCUT2D eigenvalue weighted by molar-refractivity contribution is 7.10. The third kappa shape index (κ3) is 5.23. The van der Waals surface area contributed by atoms with Gasteiger partial charge in [-0.15, -0.1) is 11.3 Å². The Morgan fingerprint density at radius 3 is 2.83 bits per heavy atom. The highest BCUT2D eigenvalue weighted by Gasteiger charge is 2.15. The van der Waals surface area contributed by atoms with Crippen LogP contribution in [-0.2, 0) is 4.79 Å². The summed E-state index contributed by atoms with van der Waals surface area (Å²) in [6.07, 6.45) is 3.34. The third-order valence-corrected chi connectivity index (χ3v) is 4.46. The van der Waals surface area contributed by atoms with Crippen LogP contribution in [0.4, 0.5) is 0 Å². The molecule has 0 aliphatic heterocycles. The van der Waals surface area contributed by atoms with Gasteiger partial charge in [0.25, 0.3) is 0 Å². The molecule has 4 nitrogen and oxygen atoms in total. The van der Waals surface area contributed by atoms with Crippen LogP contribution in [0, 0.1) is 0 Å². The first-order valence-electron chi connectivity index (χ1n) is 7.40. The first-order chi connectivity index (χ1) is 11.1. The van der Waals surface area contributed by atoms with E-state index in [2.05, 4.69) is 21.7 Å². The molecule has 0 spiro atoms. The standard InChI is InChI=1S/C18H22N2O2S/c1-20(2)16(17-8-5-11-23-17)13-19-18(21)10-9-14-6-4-7-15(12-14)22-3/h4-12,16H,13H2,1-3H3,(H,19,21)/b10-9+. The molecule has 1 unspecified atom stereocenters. The first-order valence-corrected chi connectivity index (χ1v) is 8.28. The Kier molecular flexibility index (Phi) is 6.38. The Bertz CT molecular complexity index is 651. The largest absolute Gasteiger partial charge is 0.497 e. The van der Waals surface area contributed by atoms with E-state index in [0.717, 1.165) is 11.3 Å². The van der Waals surface area contributed by atoms with E-state index in [1.54, 1.807) is 30.6 Å². The summed E-state index contributed by atoms with van der Waals surface area (Å²) in [7, 11) is 5.66. The first kappa shape index (κ1) is 17.2. The topological polar surface area (TPSA) is 41.6 Å². The molecule has 0 radical (unpaired) electrons. The van der Waals surface area contributed by atoms with Gasteiger partial charge in [-0.3, -0.25) is 4.79 Å². The molecule has 1 heterocycles. The summed E-state index contributed by atoms with van der Waals surface area (Å²) < 4.78 is 5.17. The highest BCUT2D eigenvalue weighted by Crippen LogP contribution is 2.22. The van der Waals surface area contributed by atoms with Gasteiger partial charge in [0.2, 0.25) is 5.91 Å². The number of rotatable bonds is 7. The minimum atomic E-state index is -0.101. The van der Waals surface area contributed by atoms with Crippen LogP contribution in [0.25, 0.3) is 6.08 Å². The van der Waals surface area contributed by atoms with E-state index in [0.29, 0.717) is 6.54 Å². The lowest BCUT2D eigenvalue weighted by Gasteiger charge is -2.23. The van der Waals surface area contributed by atoms with Gasteiger partial charge in [-0.2, -0.15) is 0 Å². The minimum Gasteiger partial charge on any atom is -0.497 e. The monoisotopic (exact) mass is 330 g/mol. The maximum Gasteiger partial charge on any atom is 0.244 e. The second-order valence-corrected chi connectivity index (χ2v) is 6.33. The number of amides is 1. The van der Waals surface area contributed by atoms with Gasteiger partial charge < -0.3 is 15.0 Å². The lowest BCUT2D eigenvalue weighted by Crippen LogP contribution is -2.33. The van der Waals surface area contributed by atoms with Crippen molar-refractivity contribution in [3.05, 3.63) is 58.3 Å². The van der Waals surface area contributed by atoms with Crippen molar-refractivity contribution in [1.82, 2.24) is 10.2 Å². The number of hydrogen-bond acceptors (Lipinski definition) is 4. The molecule has 1 aromatic heterocycles. The van der Waals surface area contributed by atoms with Crippen molar-refractivity contribution in [3.63, 3.8) is 0 Å². The van der Waals surface area contributed by atoms with Crippen LogP contribution in [0.1, 0.15) is 16.5 Å². The summed E-state index contributed by atoms with van der Waals surface area (Å²) in [5.41, 5.74) is 0.932. The number of nitrogens with one attached hydrogen (secondary N) is 1. The summed E-state index contributed by atoms with van der Waals surface area (Å²) in [6, 6.07) is 11.9. The quantitative estimate of drug-likeness (QED) is 0.793. The molecule has 0 saturated heterocycles. The van der Waals surface area contributed by atoms with Gasteiger partial charge in [-0.25, -0.2) is 0 Å². The minimum absolute atomic E-state index is 0.101. The number of carbonyl (C=O) groups is 1. The van der Waals surface area contributed by atoms with E-state index in [1.807, 2.05) is 44.4 Å². The van der Waals surface area contributed by atoms with Gasteiger partial charge in [0.1, 0.15) is 5.75 Å². The summed E-state index contributed by atoms with van der Waals surface area (Å²) in [4.78, 5) is 15.4. The summed E-state index contributed by atoms with van der Waals surface area (Å²) in [5, 5.41) is 5.01. The fourth-order valence-electron chi connectivity index (χ4n) is 2.19. The van der Waals surface area contributed by atoms with Crippen LogP contribution in [0.3, 0.4) is 0 Å². The van der Waals surface area contributed by atoms with Gasteiger partial charge >= 0.3 is 0 Å². The Balaban J connectivity index is 1.92. The fraction of sp³-hybridized carbons (Fsp3) is 0.278. The Hall–Kier alpha value is -2.11. The zero-order valence-corrected chi connectivity index (χ0v) is 14.5. The molecule has 23 heavy (non-hydrogen) atoms. The SMILES string of the molecule is COc1cccc(/C=C/C(=O)NCC(c2cccs2)N(C)C)c1. The van der Waals surface area contributed by atoms with Gasteiger partial charge in [-0.05, 0) is 49.3 Å². The number of likely N-dealkylation sites (N-methyl/N-ethyl adjacent to an activating group) is 1. The number of ether oxygens (including phenoxy) is 1. The summed E-state index contributed by atoms with van der Waals surface area (Å²) in [5.74, 6) is 0.675. The van der Waals surface area contributed by atoms with Crippen LogP contribution < -0.4 is 10.1 Å².